The van der Waals surface area contributed by atoms with Crippen LogP contribution in [0.15, 0.2) is 0 Å². The second-order valence-electron chi connectivity index (χ2n) is 2.84. The van der Waals surface area contributed by atoms with Crippen LogP contribution in [0.1, 0.15) is 32.1 Å². The third kappa shape index (κ3) is 2.75. The van der Waals surface area contributed by atoms with E-state index in [9.17, 15) is 0 Å². The molecule has 1 rings (SSSR count). The average molecular weight is 201 g/mol. The summed E-state index contributed by atoms with van der Waals surface area (Å²) in [5.41, 5.74) is 0. The van der Waals surface area contributed by atoms with Crippen molar-refractivity contribution in [1.82, 2.24) is 0 Å². The predicted molar refractivity (Wildman–Crippen MR) is 48.1 cm³/mol. The van der Waals surface area contributed by atoms with Gasteiger partial charge in [-0.05, 0) is 18.8 Å². The molecule has 0 bridgehead atoms. The van der Waals surface area contributed by atoms with Crippen LogP contribution in [0.4, 0.5) is 0 Å². The molecule has 0 aromatic carbocycles. The van der Waals surface area contributed by atoms with Crippen molar-refractivity contribution in [2.24, 2.45) is 5.92 Å². The average Bonchev–Trinajstić information content (AvgIpc) is 2.41. The fraction of sp³-hybridized carbons (Fsp3) is 0.778. The maximum atomic E-state index is 3.29. The summed E-state index contributed by atoms with van der Waals surface area (Å²) < 4.78 is 0. The van der Waals surface area contributed by atoms with Crippen molar-refractivity contribution >= 4 is 15.9 Å². The molecule has 0 nitrogen and oxygen atoms in total. The van der Waals surface area contributed by atoms with Gasteiger partial charge in [-0.15, -0.1) is 5.92 Å². The zero-order chi connectivity index (χ0) is 7.23. The fourth-order valence-corrected chi connectivity index (χ4v) is 1.68. The van der Waals surface area contributed by atoms with E-state index in [0.29, 0.717) is 0 Å². The van der Waals surface area contributed by atoms with Gasteiger partial charge in [-0.25, -0.2) is 0 Å². The van der Waals surface area contributed by atoms with E-state index in [-0.39, 0.29) is 0 Å². The Balaban J connectivity index is 2.12. The molecule has 1 fully saturated rings. The van der Waals surface area contributed by atoms with Crippen LogP contribution in [-0.2, 0) is 0 Å². The van der Waals surface area contributed by atoms with Gasteiger partial charge in [0, 0.05) is 6.42 Å². The first-order valence-electron chi connectivity index (χ1n) is 3.95. The largest absolute Gasteiger partial charge is 0.102 e. The second kappa shape index (κ2) is 4.79. The molecule has 56 valence electrons. The highest BCUT2D eigenvalue weighted by Gasteiger charge is 2.12. The molecule has 0 atom stereocenters. The minimum atomic E-state index is 0.833. The number of rotatable bonds is 1. The quantitative estimate of drug-likeness (QED) is 0.452. The van der Waals surface area contributed by atoms with E-state index < -0.39 is 0 Å². The van der Waals surface area contributed by atoms with Gasteiger partial charge in [0.25, 0.3) is 0 Å². The molecule has 0 aliphatic heterocycles. The SMILES string of the molecule is BrCC#CCC1CCCC1. The highest BCUT2D eigenvalue weighted by molar-refractivity contribution is 9.09. The Morgan fingerprint density at radius 3 is 2.50 bits per heavy atom. The number of halogens is 1. The summed E-state index contributed by atoms with van der Waals surface area (Å²) in [7, 11) is 0. The van der Waals surface area contributed by atoms with Gasteiger partial charge in [-0.3, -0.25) is 0 Å². The topological polar surface area (TPSA) is 0 Å². The maximum absolute atomic E-state index is 3.29. The van der Waals surface area contributed by atoms with Crippen LogP contribution in [0, 0.1) is 17.8 Å². The highest BCUT2D eigenvalue weighted by Crippen LogP contribution is 2.26. The van der Waals surface area contributed by atoms with Gasteiger partial charge < -0.3 is 0 Å². The third-order valence-corrected chi connectivity index (χ3v) is 2.34. The summed E-state index contributed by atoms with van der Waals surface area (Å²) in [6, 6.07) is 0. The summed E-state index contributed by atoms with van der Waals surface area (Å²) in [5.74, 6) is 7.14. The fourth-order valence-electron chi connectivity index (χ4n) is 1.48. The first kappa shape index (κ1) is 8.14. The Morgan fingerprint density at radius 2 is 1.90 bits per heavy atom. The number of hydrogen-bond acceptors (Lipinski definition) is 0. The molecule has 1 saturated carbocycles. The number of alkyl halides is 1. The lowest BCUT2D eigenvalue weighted by Crippen LogP contribution is -1.89. The van der Waals surface area contributed by atoms with Gasteiger partial charge in [0.05, 0.1) is 5.33 Å². The Morgan fingerprint density at radius 1 is 1.20 bits per heavy atom. The lowest BCUT2D eigenvalue weighted by Gasteiger charge is -1.99. The second-order valence-corrected chi connectivity index (χ2v) is 3.40. The molecular weight excluding hydrogens is 188 g/mol. The molecular formula is C9H13Br. The minimum absolute atomic E-state index is 0.833. The lowest BCUT2D eigenvalue weighted by atomic mass is 10.1. The molecule has 1 aliphatic rings. The van der Waals surface area contributed by atoms with Crippen molar-refractivity contribution in [3.63, 3.8) is 0 Å². The molecule has 0 amide bonds. The van der Waals surface area contributed by atoms with E-state index in [2.05, 4.69) is 27.8 Å². The summed E-state index contributed by atoms with van der Waals surface area (Å²) >= 11 is 3.29. The number of hydrogen-bond donors (Lipinski definition) is 0. The van der Waals surface area contributed by atoms with Crippen molar-refractivity contribution in [1.29, 1.82) is 0 Å². The van der Waals surface area contributed by atoms with Crippen molar-refractivity contribution in [2.75, 3.05) is 5.33 Å². The van der Waals surface area contributed by atoms with Crippen LogP contribution < -0.4 is 0 Å². The van der Waals surface area contributed by atoms with E-state index in [1.165, 1.54) is 25.7 Å². The maximum Gasteiger partial charge on any atom is 0.0645 e. The predicted octanol–water partition coefficient (Wildman–Crippen LogP) is 2.97. The van der Waals surface area contributed by atoms with E-state index in [1.807, 2.05) is 0 Å². The summed E-state index contributed by atoms with van der Waals surface area (Å²) in [5, 5.41) is 0.833. The molecule has 10 heavy (non-hydrogen) atoms. The molecule has 0 radical (unpaired) electrons. The molecule has 1 heteroatoms. The van der Waals surface area contributed by atoms with Crippen LogP contribution in [0.25, 0.3) is 0 Å². The van der Waals surface area contributed by atoms with Crippen LogP contribution in [0.5, 0.6) is 0 Å². The molecule has 1 aliphatic carbocycles. The normalized spacial score (nSPS) is 18.5. The zero-order valence-corrected chi connectivity index (χ0v) is 7.78. The molecule has 0 N–H and O–H groups in total. The van der Waals surface area contributed by atoms with Gasteiger partial charge in [0.1, 0.15) is 0 Å². The van der Waals surface area contributed by atoms with Crippen LogP contribution in [0.2, 0.25) is 0 Å². The zero-order valence-electron chi connectivity index (χ0n) is 6.20. The van der Waals surface area contributed by atoms with E-state index in [0.717, 1.165) is 17.7 Å². The summed E-state index contributed by atoms with van der Waals surface area (Å²) in [4.78, 5) is 0. The van der Waals surface area contributed by atoms with Gasteiger partial charge >= 0.3 is 0 Å². The Hall–Kier alpha value is 0.0400. The third-order valence-electron chi connectivity index (χ3n) is 2.06. The Labute approximate surface area is 71.5 Å². The Bertz CT molecular complexity index is 135. The first-order chi connectivity index (χ1) is 4.93. The van der Waals surface area contributed by atoms with E-state index in [4.69, 9.17) is 0 Å². The van der Waals surface area contributed by atoms with Gasteiger partial charge in [-0.2, -0.15) is 0 Å². The van der Waals surface area contributed by atoms with Gasteiger partial charge in [-0.1, -0.05) is 34.7 Å². The Kier molecular flexibility index (Phi) is 3.90. The summed E-state index contributed by atoms with van der Waals surface area (Å²) in [6.45, 7) is 0. The van der Waals surface area contributed by atoms with Crippen LogP contribution in [0.3, 0.4) is 0 Å². The van der Waals surface area contributed by atoms with Crippen molar-refractivity contribution < 1.29 is 0 Å². The van der Waals surface area contributed by atoms with Gasteiger partial charge in [0.15, 0.2) is 0 Å². The smallest absolute Gasteiger partial charge is 0.0645 e. The molecule has 0 spiro atoms. The van der Waals surface area contributed by atoms with Crippen LogP contribution >= 0.6 is 15.9 Å². The van der Waals surface area contributed by atoms with E-state index in [1.54, 1.807) is 0 Å². The standard InChI is InChI=1S/C9H13Br/c10-8-4-3-7-9-5-1-2-6-9/h9H,1-2,5-8H2. The summed E-state index contributed by atoms with van der Waals surface area (Å²) in [6.07, 6.45) is 6.82. The first-order valence-corrected chi connectivity index (χ1v) is 5.07. The monoisotopic (exact) mass is 200 g/mol. The van der Waals surface area contributed by atoms with E-state index >= 15 is 0 Å². The lowest BCUT2D eigenvalue weighted by molar-refractivity contribution is 0.566. The molecule has 0 aromatic heterocycles. The molecule has 0 heterocycles. The molecule has 0 unspecified atom stereocenters. The minimum Gasteiger partial charge on any atom is -0.102 e. The molecule has 0 aromatic rings. The highest BCUT2D eigenvalue weighted by atomic mass is 79.9. The van der Waals surface area contributed by atoms with Crippen molar-refractivity contribution in [2.45, 2.75) is 32.1 Å². The van der Waals surface area contributed by atoms with Crippen molar-refractivity contribution in [3.8, 4) is 11.8 Å². The molecule has 0 saturated heterocycles. The van der Waals surface area contributed by atoms with Crippen molar-refractivity contribution in [3.05, 3.63) is 0 Å². The van der Waals surface area contributed by atoms with Crippen LogP contribution in [-0.4, -0.2) is 5.33 Å². The van der Waals surface area contributed by atoms with Gasteiger partial charge in [0.2, 0.25) is 0 Å².